The fourth-order valence-corrected chi connectivity index (χ4v) is 4.87. The van der Waals surface area contributed by atoms with Gasteiger partial charge in [-0.1, -0.05) is 17.4 Å². The molecule has 1 fully saturated rings. The monoisotopic (exact) mass is 401 g/mol. The summed E-state index contributed by atoms with van der Waals surface area (Å²) < 4.78 is 6.17. The van der Waals surface area contributed by atoms with E-state index < -0.39 is 6.04 Å². The van der Waals surface area contributed by atoms with E-state index in [0.29, 0.717) is 24.5 Å². The molecule has 3 aromatic rings. The second-order valence-electron chi connectivity index (χ2n) is 6.34. The number of benzene rings is 1. The normalized spacial score (nSPS) is 16.6. The molecule has 1 unspecified atom stereocenters. The maximum atomic E-state index is 12.8. The zero-order valence-corrected chi connectivity index (χ0v) is 16.4. The van der Waals surface area contributed by atoms with Gasteiger partial charge in [-0.2, -0.15) is 0 Å². The molecule has 140 valence electrons. The lowest BCUT2D eigenvalue weighted by molar-refractivity contribution is -0.136. The molecule has 1 aliphatic heterocycles. The van der Waals surface area contributed by atoms with Crippen LogP contribution in [0.1, 0.15) is 17.7 Å². The number of thiazole rings is 1. The van der Waals surface area contributed by atoms with Crippen LogP contribution < -0.4 is 10.1 Å². The third-order valence-electron chi connectivity index (χ3n) is 4.61. The van der Waals surface area contributed by atoms with E-state index in [0.717, 1.165) is 27.3 Å². The minimum atomic E-state index is -0.431. The number of nitrogens with one attached hydrogen (secondary N) is 1. The van der Waals surface area contributed by atoms with Crippen molar-refractivity contribution in [3.8, 4) is 5.75 Å². The van der Waals surface area contributed by atoms with Gasteiger partial charge in [-0.25, -0.2) is 4.98 Å². The first-order valence-electron chi connectivity index (χ1n) is 8.71. The molecule has 0 aliphatic carbocycles. The fraction of sp³-hybridized carbons (Fsp3) is 0.316. The summed E-state index contributed by atoms with van der Waals surface area (Å²) in [5.74, 6) is 0.590. The third-order valence-corrected chi connectivity index (χ3v) is 6.42. The predicted molar refractivity (Wildman–Crippen MR) is 108 cm³/mol. The predicted octanol–water partition coefficient (Wildman–Crippen LogP) is 3.54. The topological polar surface area (TPSA) is 71.5 Å². The highest BCUT2D eigenvalue weighted by atomic mass is 32.1. The Morgan fingerprint density at radius 3 is 3.04 bits per heavy atom. The Labute approximate surface area is 164 Å². The van der Waals surface area contributed by atoms with E-state index in [9.17, 15) is 9.59 Å². The minimum Gasteiger partial charge on any atom is -0.497 e. The average Bonchev–Trinajstić information content (AvgIpc) is 3.40. The van der Waals surface area contributed by atoms with Crippen molar-refractivity contribution in [3.05, 3.63) is 40.6 Å². The van der Waals surface area contributed by atoms with Crippen molar-refractivity contribution in [2.75, 3.05) is 19.0 Å². The van der Waals surface area contributed by atoms with Gasteiger partial charge < -0.3 is 15.0 Å². The van der Waals surface area contributed by atoms with E-state index in [2.05, 4.69) is 10.3 Å². The standard InChI is InChI=1S/C19H19N3O3S2/c1-25-12-6-7-14-16(10-12)27-19(20-14)21-18(24)15-5-2-8-22(15)17(23)11-13-4-3-9-26-13/h3-4,6-7,9-10,15H,2,5,8,11H2,1H3,(H,20,21,24). The van der Waals surface area contributed by atoms with Crippen LogP contribution in [-0.2, 0) is 16.0 Å². The van der Waals surface area contributed by atoms with E-state index in [1.807, 2.05) is 35.7 Å². The number of methoxy groups -OCH3 is 1. The van der Waals surface area contributed by atoms with Gasteiger partial charge in [-0.05, 0) is 42.5 Å². The van der Waals surface area contributed by atoms with Crippen molar-refractivity contribution < 1.29 is 14.3 Å². The first-order chi connectivity index (χ1) is 13.1. The molecule has 27 heavy (non-hydrogen) atoms. The average molecular weight is 402 g/mol. The van der Waals surface area contributed by atoms with Gasteiger partial charge in [-0.3, -0.25) is 9.59 Å². The molecule has 4 rings (SSSR count). The Morgan fingerprint density at radius 1 is 1.37 bits per heavy atom. The lowest BCUT2D eigenvalue weighted by atomic mass is 10.2. The van der Waals surface area contributed by atoms with Gasteiger partial charge in [0, 0.05) is 11.4 Å². The van der Waals surface area contributed by atoms with Crippen LogP contribution in [0.15, 0.2) is 35.7 Å². The summed E-state index contributed by atoms with van der Waals surface area (Å²) in [4.78, 5) is 32.6. The van der Waals surface area contributed by atoms with Gasteiger partial charge in [-0.15, -0.1) is 11.3 Å². The molecule has 0 spiro atoms. The molecule has 8 heteroatoms. The van der Waals surface area contributed by atoms with Crippen molar-refractivity contribution in [2.24, 2.45) is 0 Å². The van der Waals surface area contributed by atoms with Gasteiger partial charge in [0.1, 0.15) is 11.8 Å². The summed E-state index contributed by atoms with van der Waals surface area (Å²) in [5.41, 5.74) is 0.813. The van der Waals surface area contributed by atoms with Crippen molar-refractivity contribution in [1.82, 2.24) is 9.88 Å². The van der Waals surface area contributed by atoms with Gasteiger partial charge in [0.15, 0.2) is 5.13 Å². The maximum absolute atomic E-state index is 12.8. The fourth-order valence-electron chi connectivity index (χ4n) is 3.28. The number of aromatic nitrogens is 1. The second-order valence-corrected chi connectivity index (χ2v) is 8.41. The summed E-state index contributed by atoms with van der Waals surface area (Å²) in [6, 6.07) is 9.06. The van der Waals surface area contributed by atoms with E-state index >= 15 is 0 Å². The highest BCUT2D eigenvalue weighted by molar-refractivity contribution is 7.22. The van der Waals surface area contributed by atoms with Gasteiger partial charge in [0.05, 0.1) is 23.7 Å². The first-order valence-corrected chi connectivity index (χ1v) is 10.4. The number of thiophene rings is 1. The summed E-state index contributed by atoms with van der Waals surface area (Å²) in [7, 11) is 1.62. The molecule has 1 atom stereocenters. The van der Waals surface area contributed by atoms with Gasteiger partial charge >= 0.3 is 0 Å². The molecule has 0 bridgehead atoms. The number of carbonyl (C=O) groups excluding carboxylic acids is 2. The molecule has 6 nitrogen and oxygen atoms in total. The van der Waals surface area contributed by atoms with E-state index in [-0.39, 0.29) is 11.8 Å². The summed E-state index contributed by atoms with van der Waals surface area (Å²) in [6.07, 6.45) is 1.87. The molecular weight excluding hydrogens is 382 g/mol. The van der Waals surface area contributed by atoms with E-state index in [1.165, 1.54) is 11.3 Å². The quantitative estimate of drug-likeness (QED) is 0.710. The van der Waals surface area contributed by atoms with Crippen molar-refractivity contribution in [2.45, 2.75) is 25.3 Å². The Balaban J connectivity index is 1.46. The number of likely N-dealkylation sites (tertiary alicyclic amines) is 1. The molecule has 1 saturated heterocycles. The highest BCUT2D eigenvalue weighted by Crippen LogP contribution is 2.30. The van der Waals surface area contributed by atoms with Crippen LogP contribution in [0.3, 0.4) is 0 Å². The largest absolute Gasteiger partial charge is 0.497 e. The van der Waals surface area contributed by atoms with Crippen molar-refractivity contribution in [3.63, 3.8) is 0 Å². The number of nitrogens with zero attached hydrogens (tertiary/aromatic N) is 2. The molecule has 1 aliphatic rings. The molecule has 1 N–H and O–H groups in total. The number of carbonyl (C=O) groups is 2. The van der Waals surface area contributed by atoms with Crippen LogP contribution in [0.25, 0.3) is 10.2 Å². The molecule has 2 aromatic heterocycles. The Morgan fingerprint density at radius 2 is 2.26 bits per heavy atom. The lowest BCUT2D eigenvalue weighted by Crippen LogP contribution is -2.43. The molecule has 0 radical (unpaired) electrons. The maximum Gasteiger partial charge on any atom is 0.248 e. The molecular formula is C19H19N3O3S2. The Hall–Kier alpha value is -2.45. The smallest absolute Gasteiger partial charge is 0.248 e. The number of ether oxygens (including phenoxy) is 1. The van der Waals surface area contributed by atoms with Crippen LogP contribution in [-0.4, -0.2) is 41.4 Å². The Bertz CT molecular complexity index is 968. The zero-order chi connectivity index (χ0) is 18.8. The first kappa shape index (κ1) is 17.9. The number of fused-ring (bicyclic) bond motifs is 1. The second kappa shape index (κ2) is 7.66. The number of hydrogen-bond donors (Lipinski definition) is 1. The number of rotatable bonds is 5. The molecule has 0 saturated carbocycles. The summed E-state index contributed by atoms with van der Waals surface area (Å²) in [6.45, 7) is 0.624. The highest BCUT2D eigenvalue weighted by Gasteiger charge is 2.34. The van der Waals surface area contributed by atoms with Gasteiger partial charge in [0.2, 0.25) is 11.8 Å². The van der Waals surface area contributed by atoms with E-state index in [1.54, 1.807) is 23.3 Å². The number of anilines is 1. The summed E-state index contributed by atoms with van der Waals surface area (Å²) in [5, 5.41) is 5.39. The van der Waals surface area contributed by atoms with Crippen LogP contribution >= 0.6 is 22.7 Å². The number of amides is 2. The molecule has 3 heterocycles. The zero-order valence-electron chi connectivity index (χ0n) is 14.8. The lowest BCUT2D eigenvalue weighted by Gasteiger charge is -2.23. The van der Waals surface area contributed by atoms with Gasteiger partial charge in [0.25, 0.3) is 0 Å². The number of hydrogen-bond acceptors (Lipinski definition) is 6. The Kier molecular flexibility index (Phi) is 5.09. The minimum absolute atomic E-state index is 0.00383. The summed E-state index contributed by atoms with van der Waals surface area (Å²) >= 11 is 2.96. The van der Waals surface area contributed by atoms with Crippen molar-refractivity contribution in [1.29, 1.82) is 0 Å². The molecule has 2 amide bonds. The van der Waals surface area contributed by atoms with E-state index in [4.69, 9.17) is 4.74 Å². The van der Waals surface area contributed by atoms with Crippen LogP contribution in [0, 0.1) is 0 Å². The SMILES string of the molecule is COc1ccc2nc(NC(=O)C3CCCN3C(=O)Cc3cccs3)sc2c1. The van der Waals surface area contributed by atoms with Crippen LogP contribution in [0.4, 0.5) is 5.13 Å². The van der Waals surface area contributed by atoms with Crippen molar-refractivity contribution >= 4 is 49.8 Å². The van der Waals surface area contributed by atoms with Crippen LogP contribution in [0.2, 0.25) is 0 Å². The molecule has 1 aromatic carbocycles. The third kappa shape index (κ3) is 3.81. The van der Waals surface area contributed by atoms with Crippen LogP contribution in [0.5, 0.6) is 5.75 Å².